The summed E-state index contributed by atoms with van der Waals surface area (Å²) in [6.45, 7) is 5.51. The molecule has 0 spiro atoms. The SMILES string of the molecule is COC(=O)CC[C@@H](Cc1cn(C(c2ccccc2)(c2ccccc2)c2ccccc2)cn1)C(=O)OC(C)(C)C. The van der Waals surface area contributed by atoms with Crippen molar-refractivity contribution in [1.29, 1.82) is 0 Å². The Bertz CT molecular complexity index is 1260. The smallest absolute Gasteiger partial charge is 0.309 e. The zero-order valence-corrected chi connectivity index (χ0v) is 23.0. The fourth-order valence-corrected chi connectivity index (χ4v) is 4.97. The number of hydrogen-bond acceptors (Lipinski definition) is 5. The van der Waals surface area contributed by atoms with E-state index in [2.05, 4.69) is 41.0 Å². The highest BCUT2D eigenvalue weighted by Gasteiger charge is 2.38. The lowest BCUT2D eigenvalue weighted by Gasteiger charge is -2.37. The maximum absolute atomic E-state index is 13.1. The third kappa shape index (κ3) is 6.45. The predicted molar refractivity (Wildman–Crippen MR) is 151 cm³/mol. The Kier molecular flexibility index (Phi) is 8.65. The molecule has 6 heteroatoms. The van der Waals surface area contributed by atoms with Crippen molar-refractivity contribution in [2.45, 2.75) is 51.2 Å². The third-order valence-corrected chi connectivity index (χ3v) is 6.72. The Balaban J connectivity index is 1.79. The number of rotatable bonds is 10. The normalized spacial score (nSPS) is 12.5. The van der Waals surface area contributed by atoms with Gasteiger partial charge >= 0.3 is 11.9 Å². The van der Waals surface area contributed by atoms with Gasteiger partial charge < -0.3 is 14.0 Å². The van der Waals surface area contributed by atoms with Crippen LogP contribution in [-0.4, -0.2) is 34.2 Å². The van der Waals surface area contributed by atoms with Gasteiger partial charge in [-0.25, -0.2) is 4.98 Å². The van der Waals surface area contributed by atoms with Crippen LogP contribution >= 0.6 is 0 Å². The van der Waals surface area contributed by atoms with E-state index >= 15 is 0 Å². The van der Waals surface area contributed by atoms with Crippen molar-refractivity contribution >= 4 is 11.9 Å². The lowest BCUT2D eigenvalue weighted by Crippen LogP contribution is -2.37. The average molecular weight is 525 g/mol. The molecule has 1 heterocycles. The molecule has 0 radical (unpaired) electrons. The summed E-state index contributed by atoms with van der Waals surface area (Å²) in [5, 5.41) is 0. The summed E-state index contributed by atoms with van der Waals surface area (Å²) >= 11 is 0. The topological polar surface area (TPSA) is 70.4 Å². The van der Waals surface area contributed by atoms with Gasteiger partial charge in [-0.2, -0.15) is 0 Å². The molecule has 202 valence electrons. The number of carbonyl (C=O) groups is 2. The highest BCUT2D eigenvalue weighted by molar-refractivity contribution is 5.75. The van der Waals surface area contributed by atoms with E-state index in [1.165, 1.54) is 7.11 Å². The van der Waals surface area contributed by atoms with E-state index < -0.39 is 17.1 Å². The molecule has 0 unspecified atom stereocenters. The van der Waals surface area contributed by atoms with Crippen LogP contribution in [0.2, 0.25) is 0 Å². The summed E-state index contributed by atoms with van der Waals surface area (Å²) in [7, 11) is 1.35. The molecule has 0 bridgehead atoms. The second-order valence-electron chi connectivity index (χ2n) is 10.6. The van der Waals surface area contributed by atoms with Gasteiger partial charge in [-0.3, -0.25) is 9.59 Å². The monoisotopic (exact) mass is 524 g/mol. The minimum absolute atomic E-state index is 0.128. The van der Waals surface area contributed by atoms with E-state index in [-0.39, 0.29) is 18.4 Å². The molecule has 4 aromatic rings. The van der Waals surface area contributed by atoms with Crippen LogP contribution in [0.1, 0.15) is 56.0 Å². The fraction of sp³-hybridized carbons (Fsp3) is 0.303. The summed E-state index contributed by atoms with van der Waals surface area (Å²) in [6, 6.07) is 31.0. The van der Waals surface area contributed by atoms with Crippen molar-refractivity contribution in [2.24, 2.45) is 5.92 Å². The number of aromatic nitrogens is 2. The first-order chi connectivity index (χ1) is 18.7. The van der Waals surface area contributed by atoms with E-state index in [0.717, 1.165) is 22.4 Å². The molecule has 39 heavy (non-hydrogen) atoms. The lowest BCUT2D eigenvalue weighted by molar-refractivity contribution is -0.160. The number of ether oxygens (including phenoxy) is 2. The Labute approximate surface area is 230 Å². The summed E-state index contributed by atoms with van der Waals surface area (Å²) in [4.78, 5) is 29.8. The van der Waals surface area contributed by atoms with Gasteiger partial charge in [-0.1, -0.05) is 91.0 Å². The first kappa shape index (κ1) is 27.8. The molecule has 3 aromatic carbocycles. The summed E-state index contributed by atoms with van der Waals surface area (Å²) < 4.78 is 12.6. The lowest BCUT2D eigenvalue weighted by atomic mass is 9.77. The van der Waals surface area contributed by atoms with Crippen molar-refractivity contribution in [2.75, 3.05) is 7.11 Å². The number of hydrogen-bond donors (Lipinski definition) is 0. The van der Waals surface area contributed by atoms with E-state index in [0.29, 0.717) is 12.8 Å². The first-order valence-corrected chi connectivity index (χ1v) is 13.2. The number of esters is 2. The van der Waals surface area contributed by atoms with Crippen molar-refractivity contribution in [3.8, 4) is 0 Å². The molecule has 0 fully saturated rings. The second kappa shape index (κ2) is 12.1. The van der Waals surface area contributed by atoms with E-state index in [4.69, 9.17) is 14.5 Å². The van der Waals surface area contributed by atoms with Gasteiger partial charge in [0.05, 0.1) is 25.0 Å². The Morgan fingerprint density at radius 2 is 1.31 bits per heavy atom. The summed E-state index contributed by atoms with van der Waals surface area (Å²) in [6.07, 6.45) is 4.61. The van der Waals surface area contributed by atoms with Gasteiger partial charge in [0, 0.05) is 19.0 Å². The number of benzene rings is 3. The average Bonchev–Trinajstić information content (AvgIpc) is 3.41. The van der Waals surface area contributed by atoms with Crippen LogP contribution in [-0.2, 0) is 31.0 Å². The van der Waals surface area contributed by atoms with Crippen LogP contribution in [0, 0.1) is 5.92 Å². The van der Waals surface area contributed by atoms with Crippen molar-refractivity contribution in [3.05, 3.63) is 126 Å². The molecule has 0 aliphatic rings. The highest BCUT2D eigenvalue weighted by atomic mass is 16.6. The van der Waals surface area contributed by atoms with Gasteiger partial charge in [0.1, 0.15) is 11.1 Å². The molecule has 0 aliphatic carbocycles. The van der Waals surface area contributed by atoms with Crippen molar-refractivity contribution in [3.63, 3.8) is 0 Å². The van der Waals surface area contributed by atoms with E-state index in [1.54, 1.807) is 0 Å². The van der Waals surface area contributed by atoms with Crippen LogP contribution in [0.4, 0.5) is 0 Å². The molecule has 1 aromatic heterocycles. The maximum atomic E-state index is 13.1. The van der Waals surface area contributed by atoms with Crippen LogP contribution in [0.15, 0.2) is 104 Å². The highest BCUT2D eigenvalue weighted by Crippen LogP contribution is 2.41. The predicted octanol–water partition coefficient (Wildman–Crippen LogP) is 6.18. The van der Waals surface area contributed by atoms with Gasteiger partial charge in [-0.15, -0.1) is 0 Å². The van der Waals surface area contributed by atoms with Gasteiger partial charge in [0.15, 0.2) is 0 Å². The number of carbonyl (C=O) groups excluding carboxylic acids is 2. The third-order valence-electron chi connectivity index (χ3n) is 6.72. The molecule has 0 saturated heterocycles. The molecule has 0 aliphatic heterocycles. The van der Waals surface area contributed by atoms with Crippen LogP contribution in [0.5, 0.6) is 0 Å². The molecule has 6 nitrogen and oxygen atoms in total. The van der Waals surface area contributed by atoms with Gasteiger partial charge in [-0.05, 0) is 43.9 Å². The fourth-order valence-electron chi connectivity index (χ4n) is 4.97. The molecule has 4 rings (SSSR count). The zero-order chi connectivity index (χ0) is 27.9. The maximum Gasteiger partial charge on any atom is 0.309 e. The minimum atomic E-state index is -0.692. The van der Waals surface area contributed by atoms with Gasteiger partial charge in [0.2, 0.25) is 0 Å². The van der Waals surface area contributed by atoms with Crippen LogP contribution in [0.25, 0.3) is 0 Å². The molecule has 0 N–H and O–H groups in total. The molecule has 0 saturated carbocycles. The van der Waals surface area contributed by atoms with E-state index in [1.807, 2.05) is 87.9 Å². The van der Waals surface area contributed by atoms with Gasteiger partial charge in [0.25, 0.3) is 0 Å². The Morgan fingerprint density at radius 3 is 1.74 bits per heavy atom. The zero-order valence-electron chi connectivity index (χ0n) is 23.0. The number of nitrogens with zero attached hydrogens (tertiary/aromatic N) is 2. The minimum Gasteiger partial charge on any atom is -0.469 e. The summed E-state index contributed by atoms with van der Waals surface area (Å²) in [5.41, 5.74) is 2.66. The van der Waals surface area contributed by atoms with Crippen LogP contribution in [0.3, 0.4) is 0 Å². The number of imidazole rings is 1. The number of methoxy groups -OCH3 is 1. The van der Waals surface area contributed by atoms with Crippen LogP contribution < -0.4 is 0 Å². The van der Waals surface area contributed by atoms with Crippen molar-refractivity contribution < 1.29 is 19.1 Å². The largest absolute Gasteiger partial charge is 0.469 e. The molecule has 1 atom stereocenters. The second-order valence-corrected chi connectivity index (χ2v) is 10.6. The Morgan fingerprint density at radius 1 is 0.821 bits per heavy atom. The quantitative estimate of drug-likeness (QED) is 0.183. The Hall–Kier alpha value is -4.19. The first-order valence-electron chi connectivity index (χ1n) is 13.2. The van der Waals surface area contributed by atoms with Crippen molar-refractivity contribution in [1.82, 2.24) is 9.55 Å². The molecular formula is C33H36N2O4. The van der Waals surface area contributed by atoms with E-state index in [9.17, 15) is 9.59 Å². The molecular weight excluding hydrogens is 488 g/mol. The molecule has 0 amide bonds. The standard InChI is InChI=1S/C33H36N2O4/c1-32(2,3)39-31(37)25(20-21-30(36)38-4)22-29-23-35(24-34-29)33(26-14-8-5-9-15-26,27-16-10-6-11-17-27)28-18-12-7-13-19-28/h5-19,23-25H,20-22H2,1-4H3/t25-/m0/s1. The summed E-state index contributed by atoms with van der Waals surface area (Å²) in [5.74, 6) is -1.24.